The SMILES string of the molecule is N#C/C(=C/c1cccs1)c1[nH]nc(N)c1C#N. The van der Waals surface area contributed by atoms with Crippen molar-refractivity contribution >= 4 is 28.8 Å². The van der Waals surface area contributed by atoms with Crippen LogP contribution < -0.4 is 5.73 Å². The topological polar surface area (TPSA) is 102 Å². The van der Waals surface area contributed by atoms with Gasteiger partial charge in [-0.05, 0) is 17.5 Å². The Morgan fingerprint density at radius 2 is 2.35 bits per heavy atom. The van der Waals surface area contributed by atoms with E-state index in [2.05, 4.69) is 10.2 Å². The lowest BCUT2D eigenvalue weighted by Crippen LogP contribution is -1.89. The number of thiophene rings is 1. The Balaban J connectivity index is 2.51. The molecule has 0 unspecified atom stereocenters. The summed E-state index contributed by atoms with van der Waals surface area (Å²) >= 11 is 1.51. The lowest BCUT2D eigenvalue weighted by Gasteiger charge is -1.94. The zero-order valence-corrected chi connectivity index (χ0v) is 9.45. The minimum absolute atomic E-state index is 0.106. The van der Waals surface area contributed by atoms with Crippen LogP contribution in [0, 0.1) is 22.7 Å². The number of aromatic amines is 1. The van der Waals surface area contributed by atoms with Crippen LogP contribution in [0.2, 0.25) is 0 Å². The van der Waals surface area contributed by atoms with Gasteiger partial charge in [-0.2, -0.15) is 15.6 Å². The molecule has 0 amide bonds. The number of nitrogens with one attached hydrogen (secondary N) is 1. The van der Waals surface area contributed by atoms with Gasteiger partial charge in [0.1, 0.15) is 17.7 Å². The molecule has 5 nitrogen and oxygen atoms in total. The number of H-pyrrole nitrogens is 1. The summed E-state index contributed by atoms with van der Waals surface area (Å²) < 4.78 is 0. The molecular weight excluding hydrogens is 234 g/mol. The molecular formula is C11H7N5S. The van der Waals surface area contributed by atoms with E-state index < -0.39 is 0 Å². The summed E-state index contributed by atoms with van der Waals surface area (Å²) in [5.41, 5.74) is 6.42. The van der Waals surface area contributed by atoms with Crippen molar-refractivity contribution in [3.05, 3.63) is 33.6 Å². The van der Waals surface area contributed by atoms with Gasteiger partial charge in [0.25, 0.3) is 0 Å². The van der Waals surface area contributed by atoms with Gasteiger partial charge in [0.15, 0.2) is 5.82 Å². The van der Waals surface area contributed by atoms with E-state index in [-0.39, 0.29) is 11.4 Å². The van der Waals surface area contributed by atoms with Crippen LogP contribution in [-0.4, -0.2) is 10.2 Å². The van der Waals surface area contributed by atoms with Crippen molar-refractivity contribution in [1.82, 2.24) is 10.2 Å². The molecule has 2 aromatic heterocycles. The Morgan fingerprint density at radius 3 is 2.94 bits per heavy atom. The third-order valence-electron chi connectivity index (χ3n) is 2.13. The molecule has 6 heteroatoms. The maximum absolute atomic E-state index is 9.10. The number of anilines is 1. The number of aromatic nitrogens is 2. The first-order valence-electron chi connectivity index (χ1n) is 4.66. The number of nitrogen functional groups attached to an aromatic ring is 1. The molecule has 2 heterocycles. The summed E-state index contributed by atoms with van der Waals surface area (Å²) in [6, 6.07) is 7.74. The number of hydrogen-bond donors (Lipinski definition) is 2. The molecule has 0 aliphatic heterocycles. The lowest BCUT2D eigenvalue weighted by atomic mass is 10.1. The minimum atomic E-state index is 0.106. The Morgan fingerprint density at radius 1 is 1.53 bits per heavy atom. The smallest absolute Gasteiger partial charge is 0.163 e. The van der Waals surface area contributed by atoms with Crippen LogP contribution >= 0.6 is 11.3 Å². The van der Waals surface area contributed by atoms with E-state index in [1.54, 1.807) is 6.08 Å². The Bertz CT molecular complexity index is 636. The summed E-state index contributed by atoms with van der Waals surface area (Å²) in [7, 11) is 0. The highest BCUT2D eigenvalue weighted by molar-refractivity contribution is 7.10. The number of nitrogens with two attached hydrogens (primary N) is 1. The van der Waals surface area contributed by atoms with E-state index in [1.807, 2.05) is 29.7 Å². The molecule has 0 saturated heterocycles. The Kier molecular flexibility index (Phi) is 2.91. The molecule has 0 aliphatic carbocycles. The first kappa shape index (κ1) is 10.9. The summed E-state index contributed by atoms with van der Waals surface area (Å²) in [5.74, 6) is 0.106. The third kappa shape index (κ3) is 2.03. The number of allylic oxidation sites excluding steroid dienone is 1. The van der Waals surface area contributed by atoms with E-state index in [1.165, 1.54) is 11.3 Å². The second-order valence-electron chi connectivity index (χ2n) is 3.16. The van der Waals surface area contributed by atoms with Crippen LogP contribution in [0.3, 0.4) is 0 Å². The van der Waals surface area contributed by atoms with Crippen molar-refractivity contribution in [3.63, 3.8) is 0 Å². The average molecular weight is 241 g/mol. The molecule has 0 aliphatic rings. The van der Waals surface area contributed by atoms with Gasteiger partial charge < -0.3 is 5.73 Å². The van der Waals surface area contributed by atoms with Crippen molar-refractivity contribution in [3.8, 4) is 12.1 Å². The van der Waals surface area contributed by atoms with Crippen molar-refractivity contribution in [2.24, 2.45) is 0 Å². The molecule has 0 fully saturated rings. The zero-order valence-electron chi connectivity index (χ0n) is 8.64. The normalized spacial score (nSPS) is 10.8. The van der Waals surface area contributed by atoms with Gasteiger partial charge in [-0.3, -0.25) is 5.10 Å². The van der Waals surface area contributed by atoms with E-state index in [4.69, 9.17) is 16.3 Å². The molecule has 82 valence electrons. The van der Waals surface area contributed by atoms with Crippen molar-refractivity contribution < 1.29 is 0 Å². The second-order valence-corrected chi connectivity index (χ2v) is 4.14. The van der Waals surface area contributed by atoms with E-state index >= 15 is 0 Å². The second kappa shape index (κ2) is 4.52. The summed E-state index contributed by atoms with van der Waals surface area (Å²) in [6.07, 6.45) is 1.69. The average Bonchev–Trinajstić information content (AvgIpc) is 2.95. The quantitative estimate of drug-likeness (QED) is 0.785. The molecule has 0 spiro atoms. The molecule has 3 N–H and O–H groups in total. The summed E-state index contributed by atoms with van der Waals surface area (Å²) in [5, 5.41) is 26.3. The largest absolute Gasteiger partial charge is 0.381 e. The molecule has 0 saturated carbocycles. The number of nitriles is 2. The van der Waals surface area contributed by atoms with Crippen molar-refractivity contribution in [2.45, 2.75) is 0 Å². The third-order valence-corrected chi connectivity index (χ3v) is 2.94. The standard InChI is InChI=1S/C11H7N5S/c12-5-7(4-8-2-1-3-17-8)10-9(6-13)11(14)16-15-10/h1-4H,(H3,14,15,16)/b7-4-. The van der Waals surface area contributed by atoms with Crippen LogP contribution in [0.1, 0.15) is 16.1 Å². The minimum Gasteiger partial charge on any atom is -0.381 e. The van der Waals surface area contributed by atoms with E-state index in [0.29, 0.717) is 11.3 Å². The number of hydrogen-bond acceptors (Lipinski definition) is 5. The summed E-state index contributed by atoms with van der Waals surface area (Å²) in [4.78, 5) is 0.929. The number of rotatable bonds is 2. The predicted molar refractivity (Wildman–Crippen MR) is 65.5 cm³/mol. The maximum Gasteiger partial charge on any atom is 0.163 e. The van der Waals surface area contributed by atoms with Crippen LogP contribution in [0.15, 0.2) is 17.5 Å². The van der Waals surface area contributed by atoms with Crippen LogP contribution in [0.5, 0.6) is 0 Å². The number of nitrogens with zero attached hydrogens (tertiary/aromatic N) is 3. The molecule has 17 heavy (non-hydrogen) atoms. The van der Waals surface area contributed by atoms with Crippen LogP contribution in [-0.2, 0) is 0 Å². The molecule has 2 rings (SSSR count). The first-order chi connectivity index (χ1) is 8.26. The van der Waals surface area contributed by atoms with Crippen LogP contribution in [0.4, 0.5) is 5.82 Å². The Labute approximate surface area is 101 Å². The fourth-order valence-corrected chi connectivity index (χ4v) is 2.00. The van der Waals surface area contributed by atoms with Gasteiger partial charge in [-0.15, -0.1) is 11.3 Å². The highest BCUT2D eigenvalue weighted by Crippen LogP contribution is 2.23. The highest BCUT2D eigenvalue weighted by Gasteiger charge is 2.14. The maximum atomic E-state index is 9.10. The van der Waals surface area contributed by atoms with E-state index in [9.17, 15) is 0 Å². The monoisotopic (exact) mass is 241 g/mol. The highest BCUT2D eigenvalue weighted by atomic mass is 32.1. The van der Waals surface area contributed by atoms with Gasteiger partial charge >= 0.3 is 0 Å². The van der Waals surface area contributed by atoms with Gasteiger partial charge in [-0.25, -0.2) is 0 Å². The first-order valence-corrected chi connectivity index (χ1v) is 5.54. The van der Waals surface area contributed by atoms with Gasteiger partial charge in [0.2, 0.25) is 0 Å². The predicted octanol–water partition coefficient (Wildman–Crippen LogP) is 1.99. The van der Waals surface area contributed by atoms with Crippen molar-refractivity contribution in [1.29, 1.82) is 10.5 Å². The molecule has 0 atom stereocenters. The molecule has 2 aromatic rings. The van der Waals surface area contributed by atoms with Gasteiger partial charge in [0.05, 0.1) is 11.3 Å². The van der Waals surface area contributed by atoms with Crippen molar-refractivity contribution in [2.75, 3.05) is 5.73 Å². The lowest BCUT2D eigenvalue weighted by molar-refractivity contribution is 1.08. The summed E-state index contributed by atoms with van der Waals surface area (Å²) in [6.45, 7) is 0. The zero-order chi connectivity index (χ0) is 12.3. The Hall–Kier alpha value is -2.57. The fraction of sp³-hybridized carbons (Fsp3) is 0. The van der Waals surface area contributed by atoms with Gasteiger partial charge in [0, 0.05) is 4.88 Å². The van der Waals surface area contributed by atoms with E-state index in [0.717, 1.165) is 4.88 Å². The molecule has 0 bridgehead atoms. The molecule has 0 radical (unpaired) electrons. The van der Waals surface area contributed by atoms with Gasteiger partial charge in [-0.1, -0.05) is 6.07 Å². The van der Waals surface area contributed by atoms with Crippen LogP contribution in [0.25, 0.3) is 11.6 Å². The fourth-order valence-electron chi connectivity index (χ4n) is 1.34. The molecule has 0 aromatic carbocycles.